The summed E-state index contributed by atoms with van der Waals surface area (Å²) in [4.78, 5) is 0. The Kier molecular flexibility index (Phi) is 3.11. The van der Waals surface area contributed by atoms with Crippen molar-refractivity contribution < 1.29 is 0 Å². The molecule has 1 aromatic rings. The fourth-order valence-corrected chi connectivity index (χ4v) is 2.21. The predicted molar refractivity (Wildman–Crippen MR) is 64.8 cm³/mol. The number of benzene rings is 1. The number of fused-ring (bicyclic) bond motifs is 1. The highest BCUT2D eigenvalue weighted by Crippen LogP contribution is 2.26. The van der Waals surface area contributed by atoms with Gasteiger partial charge < -0.3 is 0 Å². The van der Waals surface area contributed by atoms with Crippen molar-refractivity contribution in [2.24, 2.45) is 5.92 Å². The molecule has 1 aromatic carbocycles. The van der Waals surface area contributed by atoms with Crippen LogP contribution in [0.15, 0.2) is 18.2 Å². The molecule has 0 fully saturated rings. The van der Waals surface area contributed by atoms with Crippen LogP contribution in [0.5, 0.6) is 0 Å². The first kappa shape index (κ1) is 10.3. The highest BCUT2D eigenvalue weighted by atomic mass is 14.2. The van der Waals surface area contributed by atoms with E-state index in [4.69, 9.17) is 0 Å². The standard InChI is InChI=1S/C15H18/c1-3-4-5-6-13-7-8-14-9-12(2)10-15(14)11-13/h7-8,11-12H,3-4,9-10H2,1-2H3. The molecule has 0 bridgehead atoms. The molecule has 0 radical (unpaired) electrons. The van der Waals surface area contributed by atoms with Crippen molar-refractivity contribution in [2.75, 3.05) is 0 Å². The van der Waals surface area contributed by atoms with Crippen molar-refractivity contribution in [1.82, 2.24) is 0 Å². The first-order chi connectivity index (χ1) is 7.29. The maximum atomic E-state index is 3.24. The normalized spacial score (nSPS) is 18.1. The van der Waals surface area contributed by atoms with Gasteiger partial charge in [0.1, 0.15) is 0 Å². The fourth-order valence-electron chi connectivity index (χ4n) is 2.21. The summed E-state index contributed by atoms with van der Waals surface area (Å²) in [5.41, 5.74) is 4.24. The summed E-state index contributed by atoms with van der Waals surface area (Å²) >= 11 is 0. The lowest BCUT2D eigenvalue weighted by Crippen LogP contribution is -1.89. The summed E-state index contributed by atoms with van der Waals surface area (Å²) < 4.78 is 0. The molecular weight excluding hydrogens is 180 g/mol. The molecule has 78 valence electrons. The topological polar surface area (TPSA) is 0 Å². The Hall–Kier alpha value is -1.22. The van der Waals surface area contributed by atoms with E-state index < -0.39 is 0 Å². The van der Waals surface area contributed by atoms with Crippen molar-refractivity contribution in [2.45, 2.75) is 39.5 Å². The van der Waals surface area contributed by atoms with Crippen LogP contribution in [-0.4, -0.2) is 0 Å². The first-order valence-electron chi connectivity index (χ1n) is 5.90. The van der Waals surface area contributed by atoms with Crippen LogP contribution in [0, 0.1) is 17.8 Å². The van der Waals surface area contributed by atoms with Crippen molar-refractivity contribution in [3.8, 4) is 11.8 Å². The van der Waals surface area contributed by atoms with E-state index in [1.54, 1.807) is 0 Å². The Labute approximate surface area is 92.7 Å². The van der Waals surface area contributed by atoms with Gasteiger partial charge in [-0.15, -0.1) is 0 Å². The van der Waals surface area contributed by atoms with Crippen LogP contribution >= 0.6 is 0 Å². The van der Waals surface area contributed by atoms with Gasteiger partial charge in [0.25, 0.3) is 0 Å². The Bertz CT molecular complexity index is 404. The van der Waals surface area contributed by atoms with Gasteiger partial charge in [-0.05, 0) is 48.4 Å². The largest absolute Gasteiger partial charge is 0.0979 e. The summed E-state index contributed by atoms with van der Waals surface area (Å²) in [6.45, 7) is 4.49. The Morgan fingerprint density at radius 3 is 2.87 bits per heavy atom. The fraction of sp³-hybridized carbons (Fsp3) is 0.467. The molecule has 1 aliphatic carbocycles. The monoisotopic (exact) mass is 198 g/mol. The van der Waals surface area contributed by atoms with Crippen LogP contribution < -0.4 is 0 Å². The van der Waals surface area contributed by atoms with Crippen LogP contribution in [0.3, 0.4) is 0 Å². The van der Waals surface area contributed by atoms with Gasteiger partial charge in [0, 0.05) is 12.0 Å². The van der Waals surface area contributed by atoms with E-state index >= 15 is 0 Å². The second kappa shape index (κ2) is 4.53. The van der Waals surface area contributed by atoms with Gasteiger partial charge in [-0.1, -0.05) is 31.8 Å². The van der Waals surface area contributed by atoms with E-state index in [-0.39, 0.29) is 0 Å². The molecule has 0 spiro atoms. The van der Waals surface area contributed by atoms with E-state index in [0.29, 0.717) is 0 Å². The molecule has 0 amide bonds. The minimum Gasteiger partial charge on any atom is -0.0979 e. The number of hydrogen-bond acceptors (Lipinski definition) is 0. The van der Waals surface area contributed by atoms with Crippen molar-refractivity contribution in [1.29, 1.82) is 0 Å². The molecular formula is C15H18. The molecule has 15 heavy (non-hydrogen) atoms. The molecule has 0 nitrogen and oxygen atoms in total. The zero-order valence-electron chi connectivity index (χ0n) is 9.64. The molecule has 0 saturated carbocycles. The smallest absolute Gasteiger partial charge is 0.0248 e. The van der Waals surface area contributed by atoms with Crippen LogP contribution in [0.2, 0.25) is 0 Å². The van der Waals surface area contributed by atoms with Crippen LogP contribution in [0.4, 0.5) is 0 Å². The lowest BCUT2D eigenvalue weighted by Gasteiger charge is -1.98. The molecule has 0 aromatic heterocycles. The van der Waals surface area contributed by atoms with E-state index in [1.165, 1.54) is 29.5 Å². The van der Waals surface area contributed by atoms with Gasteiger partial charge in [-0.3, -0.25) is 0 Å². The number of hydrogen-bond donors (Lipinski definition) is 0. The Morgan fingerprint density at radius 2 is 2.07 bits per heavy atom. The van der Waals surface area contributed by atoms with Crippen molar-refractivity contribution in [3.63, 3.8) is 0 Å². The quantitative estimate of drug-likeness (QED) is 0.605. The average Bonchev–Trinajstić information content (AvgIpc) is 2.57. The minimum atomic E-state index is 0.818. The molecule has 0 aliphatic heterocycles. The summed E-state index contributed by atoms with van der Waals surface area (Å²) in [7, 11) is 0. The molecule has 1 atom stereocenters. The lowest BCUT2D eigenvalue weighted by molar-refractivity contribution is 0.628. The van der Waals surface area contributed by atoms with Gasteiger partial charge in [0.05, 0.1) is 0 Å². The third-order valence-corrected chi connectivity index (χ3v) is 2.95. The Balaban J connectivity index is 2.17. The second-order valence-electron chi connectivity index (χ2n) is 4.55. The summed E-state index contributed by atoms with van der Waals surface area (Å²) in [5.74, 6) is 7.26. The first-order valence-corrected chi connectivity index (χ1v) is 5.90. The maximum Gasteiger partial charge on any atom is 0.0248 e. The molecule has 2 rings (SSSR count). The summed E-state index contributed by atoms with van der Waals surface area (Å²) in [6, 6.07) is 6.70. The van der Waals surface area contributed by atoms with E-state index in [0.717, 1.165) is 18.8 Å². The van der Waals surface area contributed by atoms with Crippen LogP contribution in [-0.2, 0) is 12.8 Å². The minimum absolute atomic E-state index is 0.818. The second-order valence-corrected chi connectivity index (χ2v) is 4.55. The zero-order valence-corrected chi connectivity index (χ0v) is 9.64. The van der Waals surface area contributed by atoms with E-state index in [2.05, 4.69) is 43.9 Å². The number of unbranched alkanes of at least 4 members (excludes halogenated alkanes) is 1. The van der Waals surface area contributed by atoms with E-state index in [9.17, 15) is 0 Å². The molecule has 0 heterocycles. The van der Waals surface area contributed by atoms with Gasteiger partial charge in [-0.25, -0.2) is 0 Å². The third-order valence-electron chi connectivity index (χ3n) is 2.95. The van der Waals surface area contributed by atoms with Gasteiger partial charge in [-0.2, -0.15) is 0 Å². The maximum absolute atomic E-state index is 3.24. The molecule has 0 heteroatoms. The highest BCUT2D eigenvalue weighted by molar-refractivity contribution is 5.43. The lowest BCUT2D eigenvalue weighted by atomic mass is 10.1. The van der Waals surface area contributed by atoms with Gasteiger partial charge >= 0.3 is 0 Å². The van der Waals surface area contributed by atoms with E-state index in [1.807, 2.05) is 0 Å². The summed E-state index contributed by atoms with van der Waals surface area (Å²) in [5, 5.41) is 0. The van der Waals surface area contributed by atoms with Crippen LogP contribution in [0.1, 0.15) is 43.4 Å². The van der Waals surface area contributed by atoms with Gasteiger partial charge in [0.2, 0.25) is 0 Å². The molecule has 1 aliphatic rings. The number of rotatable bonds is 1. The molecule has 1 unspecified atom stereocenters. The average molecular weight is 198 g/mol. The molecule has 0 saturated heterocycles. The molecule has 0 N–H and O–H groups in total. The predicted octanol–water partition coefficient (Wildman–Crippen LogP) is 3.57. The summed E-state index contributed by atoms with van der Waals surface area (Å²) in [6.07, 6.45) is 4.64. The van der Waals surface area contributed by atoms with Crippen LogP contribution in [0.25, 0.3) is 0 Å². The third kappa shape index (κ3) is 2.42. The zero-order chi connectivity index (χ0) is 10.7. The van der Waals surface area contributed by atoms with Crippen molar-refractivity contribution in [3.05, 3.63) is 34.9 Å². The Morgan fingerprint density at radius 1 is 1.27 bits per heavy atom. The SMILES string of the molecule is CCCC#Cc1ccc2c(c1)CC(C)C2. The highest BCUT2D eigenvalue weighted by Gasteiger charge is 2.16. The van der Waals surface area contributed by atoms with Crippen molar-refractivity contribution >= 4 is 0 Å². The van der Waals surface area contributed by atoms with Gasteiger partial charge in [0.15, 0.2) is 0 Å².